The van der Waals surface area contributed by atoms with Crippen molar-refractivity contribution >= 4 is 56.4 Å². The molecule has 0 radical (unpaired) electrons. The molecule has 1 amide bonds. The third-order valence-corrected chi connectivity index (χ3v) is 11.0. The van der Waals surface area contributed by atoms with E-state index >= 15 is 0 Å². The van der Waals surface area contributed by atoms with Crippen LogP contribution >= 0.6 is 34.7 Å². The molecule has 3 aromatic carbocycles. The van der Waals surface area contributed by atoms with Gasteiger partial charge in [-0.05, 0) is 69.4 Å². The van der Waals surface area contributed by atoms with Gasteiger partial charge in [-0.1, -0.05) is 54.1 Å². The molecule has 2 atom stereocenters. The molecule has 1 saturated heterocycles. The molecule has 0 saturated carbocycles. The summed E-state index contributed by atoms with van der Waals surface area (Å²) in [6.07, 6.45) is 0.0844. The van der Waals surface area contributed by atoms with Gasteiger partial charge in [0.1, 0.15) is 5.25 Å². The Hall–Kier alpha value is -2.95. The van der Waals surface area contributed by atoms with Gasteiger partial charge >= 0.3 is 0 Å². The van der Waals surface area contributed by atoms with Gasteiger partial charge in [-0.25, -0.2) is 12.7 Å². The van der Waals surface area contributed by atoms with Crippen LogP contribution in [0.15, 0.2) is 99.4 Å². The zero-order valence-corrected chi connectivity index (χ0v) is 24.3. The molecule has 39 heavy (non-hydrogen) atoms. The molecule has 2 unspecified atom stereocenters. The number of benzene rings is 3. The van der Waals surface area contributed by atoms with Crippen LogP contribution in [0.25, 0.3) is 11.1 Å². The van der Waals surface area contributed by atoms with Gasteiger partial charge < -0.3 is 5.32 Å². The normalized spacial score (nSPS) is 19.7. The van der Waals surface area contributed by atoms with Crippen LogP contribution in [0.5, 0.6) is 0 Å². The molecule has 1 fully saturated rings. The Morgan fingerprint density at radius 2 is 1.69 bits per heavy atom. The first-order valence-electron chi connectivity index (χ1n) is 12.0. The van der Waals surface area contributed by atoms with Gasteiger partial charge in [-0.3, -0.25) is 9.59 Å². The van der Waals surface area contributed by atoms with E-state index in [0.717, 1.165) is 34.0 Å². The molecule has 1 aromatic heterocycles. The number of thiophene rings is 1. The summed E-state index contributed by atoms with van der Waals surface area (Å²) in [4.78, 5) is 27.9. The van der Waals surface area contributed by atoms with Gasteiger partial charge in [-0.15, -0.1) is 11.8 Å². The van der Waals surface area contributed by atoms with Gasteiger partial charge in [0.15, 0.2) is 5.78 Å². The van der Waals surface area contributed by atoms with E-state index in [1.807, 2.05) is 47.2 Å². The minimum Gasteiger partial charge on any atom is -0.341 e. The maximum Gasteiger partial charge on any atom is 0.242 e. The lowest BCUT2D eigenvalue weighted by atomic mass is 9.76. The number of halogens is 1. The highest BCUT2D eigenvalue weighted by atomic mass is 35.5. The second-order valence-electron chi connectivity index (χ2n) is 9.37. The fourth-order valence-electron chi connectivity index (χ4n) is 4.62. The van der Waals surface area contributed by atoms with Crippen LogP contribution in [0.2, 0.25) is 5.02 Å². The summed E-state index contributed by atoms with van der Waals surface area (Å²) in [6, 6.07) is 23.4. The average Bonchev–Trinajstić information content (AvgIpc) is 3.47. The van der Waals surface area contributed by atoms with Crippen LogP contribution < -0.4 is 5.32 Å². The van der Waals surface area contributed by atoms with E-state index in [4.69, 9.17) is 11.6 Å². The van der Waals surface area contributed by atoms with Crippen LogP contribution in [0.1, 0.15) is 17.5 Å². The third kappa shape index (κ3) is 5.29. The molecule has 1 aliphatic rings. The van der Waals surface area contributed by atoms with Crippen LogP contribution in [0.3, 0.4) is 0 Å². The fourth-order valence-corrected chi connectivity index (χ4v) is 7.50. The number of carbonyl (C=O) groups is 2. The zero-order chi connectivity index (χ0) is 27.8. The van der Waals surface area contributed by atoms with E-state index in [2.05, 4.69) is 5.32 Å². The molecule has 0 spiro atoms. The van der Waals surface area contributed by atoms with Crippen LogP contribution in [-0.4, -0.2) is 43.8 Å². The van der Waals surface area contributed by atoms with Crippen molar-refractivity contribution in [1.82, 2.24) is 9.62 Å². The highest BCUT2D eigenvalue weighted by Gasteiger charge is 2.47. The van der Waals surface area contributed by atoms with Crippen molar-refractivity contribution in [3.8, 4) is 11.1 Å². The number of carbonyl (C=O) groups excluding carboxylic acids is 2. The number of amides is 1. The predicted octanol–water partition coefficient (Wildman–Crippen LogP) is 5.81. The molecule has 0 aliphatic carbocycles. The van der Waals surface area contributed by atoms with Crippen molar-refractivity contribution in [2.24, 2.45) is 0 Å². The number of rotatable bonds is 7. The summed E-state index contributed by atoms with van der Waals surface area (Å²) < 4.78 is 26.1. The van der Waals surface area contributed by atoms with Crippen molar-refractivity contribution in [2.75, 3.05) is 14.1 Å². The number of Topliss-reactive ketones (excluding diaryl/α,β-unsaturated/α-hetero) is 1. The molecule has 6 nitrogen and oxygen atoms in total. The average molecular weight is 597 g/mol. The number of hydrogen-bond acceptors (Lipinski definition) is 6. The molecule has 1 aliphatic heterocycles. The quantitative estimate of drug-likeness (QED) is 0.272. The van der Waals surface area contributed by atoms with E-state index in [9.17, 15) is 18.0 Å². The van der Waals surface area contributed by atoms with E-state index in [1.54, 1.807) is 42.5 Å². The predicted molar refractivity (Wildman–Crippen MR) is 157 cm³/mol. The lowest BCUT2D eigenvalue weighted by molar-refractivity contribution is -0.132. The molecule has 10 heteroatoms. The topological polar surface area (TPSA) is 83.6 Å². The van der Waals surface area contributed by atoms with Crippen molar-refractivity contribution in [2.45, 2.75) is 27.0 Å². The number of nitrogens with zero attached hydrogens (tertiary/aromatic N) is 1. The summed E-state index contributed by atoms with van der Waals surface area (Å²) in [5.74, 6) is -0.551. The highest BCUT2D eigenvalue weighted by Crippen LogP contribution is 2.42. The Morgan fingerprint density at radius 3 is 2.33 bits per heavy atom. The highest BCUT2D eigenvalue weighted by molar-refractivity contribution is 8.01. The van der Waals surface area contributed by atoms with Crippen LogP contribution in [-0.2, 0) is 25.2 Å². The summed E-state index contributed by atoms with van der Waals surface area (Å²) in [5, 5.41) is 6.64. The lowest BCUT2D eigenvalue weighted by Gasteiger charge is -2.40. The smallest absolute Gasteiger partial charge is 0.242 e. The third-order valence-electron chi connectivity index (χ3n) is 6.72. The van der Waals surface area contributed by atoms with Gasteiger partial charge in [0.05, 0.1) is 15.5 Å². The molecule has 2 heterocycles. The first-order valence-corrected chi connectivity index (χ1v) is 15.7. The maximum atomic E-state index is 13.6. The number of nitrogens with one attached hydrogen (secondary N) is 1. The molecule has 0 bridgehead atoms. The summed E-state index contributed by atoms with van der Waals surface area (Å²) in [5.41, 5.74) is 2.22. The first kappa shape index (κ1) is 27.6. The minimum absolute atomic E-state index is 0.0844. The van der Waals surface area contributed by atoms with E-state index in [-0.39, 0.29) is 23.0 Å². The van der Waals surface area contributed by atoms with Crippen molar-refractivity contribution in [3.63, 3.8) is 0 Å². The van der Waals surface area contributed by atoms with Crippen molar-refractivity contribution in [3.05, 3.63) is 106 Å². The van der Waals surface area contributed by atoms with Crippen LogP contribution in [0, 0.1) is 0 Å². The van der Waals surface area contributed by atoms with Crippen molar-refractivity contribution in [1.29, 1.82) is 0 Å². The Bertz CT molecular complexity index is 1620. The van der Waals surface area contributed by atoms with Crippen molar-refractivity contribution < 1.29 is 18.0 Å². The first-order chi connectivity index (χ1) is 18.6. The van der Waals surface area contributed by atoms with E-state index in [1.165, 1.54) is 29.7 Å². The molecule has 4 aromatic rings. The summed E-state index contributed by atoms with van der Waals surface area (Å²) >= 11 is 8.96. The number of hydrogen-bond donors (Lipinski definition) is 1. The summed E-state index contributed by atoms with van der Waals surface area (Å²) in [7, 11) is -0.556. The SMILES string of the molecule is CN(C)S(=O)(=O)c1ccc(-c2cccc(C3(c4ccsc4)CC(=O)C(Sc4ccccc4Cl)C(=O)N3)c2)cc1. The van der Waals surface area contributed by atoms with Gasteiger partial charge in [0.2, 0.25) is 15.9 Å². The number of ketones is 1. The van der Waals surface area contributed by atoms with Gasteiger partial charge in [-0.2, -0.15) is 11.3 Å². The Labute approximate surface area is 241 Å². The largest absolute Gasteiger partial charge is 0.341 e. The van der Waals surface area contributed by atoms with E-state index < -0.39 is 20.8 Å². The minimum atomic E-state index is -3.54. The van der Waals surface area contributed by atoms with Gasteiger partial charge in [0, 0.05) is 25.4 Å². The number of sulfonamides is 1. The van der Waals surface area contributed by atoms with E-state index in [0.29, 0.717) is 9.92 Å². The Kier molecular flexibility index (Phi) is 7.72. The lowest BCUT2D eigenvalue weighted by Crippen LogP contribution is -2.57. The summed E-state index contributed by atoms with van der Waals surface area (Å²) in [6.45, 7) is 0. The molecular formula is C29H25ClN2O4S3. The Balaban J connectivity index is 1.50. The Morgan fingerprint density at radius 1 is 0.949 bits per heavy atom. The molecular weight excluding hydrogens is 572 g/mol. The number of piperidine rings is 1. The monoisotopic (exact) mass is 596 g/mol. The number of thioether (sulfide) groups is 1. The van der Waals surface area contributed by atoms with Crippen LogP contribution in [0.4, 0.5) is 0 Å². The molecule has 1 N–H and O–H groups in total. The maximum absolute atomic E-state index is 13.6. The second kappa shape index (κ2) is 10.9. The molecule has 200 valence electrons. The molecule has 5 rings (SSSR count). The fraction of sp³-hybridized carbons (Fsp3) is 0.172. The zero-order valence-electron chi connectivity index (χ0n) is 21.1. The second-order valence-corrected chi connectivity index (χ2v) is 13.9. The van der Waals surface area contributed by atoms with Gasteiger partial charge in [0.25, 0.3) is 0 Å². The standard InChI is InChI=1S/C29H25ClN2O4S3/c1-32(2)39(35,36)23-12-10-19(11-13-23)20-6-5-7-21(16-20)29(22-14-15-37-18-22)17-25(33)27(28(34)31-29)38-26-9-4-3-8-24(26)30/h3-16,18,27H,17H2,1-2H3,(H,31,34).